The smallest absolute Gasteiger partial charge is 0.361 e. The lowest BCUT2D eigenvalue weighted by Gasteiger charge is -2.22. The number of aromatic nitrogens is 2. The van der Waals surface area contributed by atoms with E-state index in [1.165, 1.54) is 12.1 Å². The lowest BCUT2D eigenvalue weighted by Crippen LogP contribution is -2.25. The first kappa shape index (κ1) is 22.6. The van der Waals surface area contributed by atoms with Crippen molar-refractivity contribution in [2.24, 2.45) is 0 Å². The van der Waals surface area contributed by atoms with E-state index in [9.17, 15) is 18.0 Å². The third-order valence-corrected chi connectivity index (χ3v) is 5.86. The lowest BCUT2D eigenvalue weighted by molar-refractivity contribution is -0.138. The molecule has 1 atom stereocenters. The molecule has 7 heteroatoms. The molecule has 0 fully saturated rings. The standard InChI is InChI=1S/C26H24F3N3O/c1-2-18-6-5-8-20-22(16-32-25(18)20)21(19-7-3-4-9-23(19)26(27,28)29)14-24(33)31-15-17-10-12-30-13-11-17/h3-13,16,21,32H,2,14-15H2,1H3,(H,31,33). The average Bonchev–Trinajstić information content (AvgIpc) is 3.25. The zero-order chi connectivity index (χ0) is 23.4. The maximum Gasteiger partial charge on any atom is 0.416 e. The molecule has 2 aromatic carbocycles. The number of para-hydroxylation sites is 1. The van der Waals surface area contributed by atoms with Crippen LogP contribution in [0.25, 0.3) is 10.9 Å². The van der Waals surface area contributed by atoms with Crippen molar-refractivity contribution in [3.8, 4) is 0 Å². The molecular weight excluding hydrogens is 427 g/mol. The number of nitrogens with zero attached hydrogens (tertiary/aromatic N) is 1. The van der Waals surface area contributed by atoms with Crippen LogP contribution < -0.4 is 5.32 Å². The summed E-state index contributed by atoms with van der Waals surface area (Å²) < 4.78 is 41.6. The minimum absolute atomic E-state index is 0.0897. The number of alkyl halides is 3. The van der Waals surface area contributed by atoms with Gasteiger partial charge in [-0.25, -0.2) is 0 Å². The number of carbonyl (C=O) groups excluding carboxylic acids is 1. The molecule has 0 aliphatic heterocycles. The second-order valence-electron chi connectivity index (χ2n) is 7.91. The Morgan fingerprint density at radius 1 is 1.03 bits per heavy atom. The Morgan fingerprint density at radius 2 is 1.79 bits per heavy atom. The summed E-state index contributed by atoms with van der Waals surface area (Å²) >= 11 is 0. The van der Waals surface area contributed by atoms with Gasteiger partial charge in [-0.2, -0.15) is 13.2 Å². The number of benzene rings is 2. The SMILES string of the molecule is CCc1cccc2c(C(CC(=O)NCc3ccncc3)c3ccccc3C(F)(F)F)c[nH]c12. The third-order valence-electron chi connectivity index (χ3n) is 5.86. The van der Waals surface area contributed by atoms with Crippen LogP contribution in [0.2, 0.25) is 0 Å². The zero-order valence-electron chi connectivity index (χ0n) is 18.1. The Morgan fingerprint density at radius 3 is 2.52 bits per heavy atom. The van der Waals surface area contributed by atoms with Crippen molar-refractivity contribution in [1.29, 1.82) is 0 Å². The van der Waals surface area contributed by atoms with E-state index in [1.807, 2.05) is 25.1 Å². The number of hydrogen-bond donors (Lipinski definition) is 2. The van der Waals surface area contributed by atoms with Gasteiger partial charge in [-0.15, -0.1) is 0 Å². The Kier molecular flexibility index (Phi) is 6.49. The number of aromatic amines is 1. The molecule has 4 nitrogen and oxygen atoms in total. The van der Waals surface area contributed by atoms with Crippen molar-refractivity contribution >= 4 is 16.8 Å². The maximum atomic E-state index is 13.9. The molecule has 0 aliphatic carbocycles. The third kappa shape index (κ3) is 4.92. The number of hydrogen-bond acceptors (Lipinski definition) is 2. The summed E-state index contributed by atoms with van der Waals surface area (Å²) in [5.41, 5.74) is 2.87. The summed E-state index contributed by atoms with van der Waals surface area (Å²) in [7, 11) is 0. The molecule has 0 saturated carbocycles. The van der Waals surface area contributed by atoms with Crippen molar-refractivity contribution < 1.29 is 18.0 Å². The van der Waals surface area contributed by atoms with E-state index < -0.39 is 17.7 Å². The molecule has 2 heterocycles. The predicted molar refractivity (Wildman–Crippen MR) is 122 cm³/mol. The van der Waals surface area contributed by atoms with Gasteiger partial charge in [0.2, 0.25) is 5.91 Å². The van der Waals surface area contributed by atoms with E-state index in [0.717, 1.165) is 34.5 Å². The van der Waals surface area contributed by atoms with E-state index in [4.69, 9.17) is 0 Å². The molecular formula is C26H24F3N3O. The van der Waals surface area contributed by atoms with Crippen molar-refractivity contribution in [2.45, 2.75) is 38.4 Å². The first-order valence-corrected chi connectivity index (χ1v) is 10.8. The van der Waals surface area contributed by atoms with Crippen molar-refractivity contribution in [3.05, 3.63) is 101 Å². The Bertz CT molecular complexity index is 1250. The highest BCUT2D eigenvalue weighted by Crippen LogP contribution is 2.41. The second kappa shape index (κ2) is 9.48. The van der Waals surface area contributed by atoms with Gasteiger partial charge < -0.3 is 10.3 Å². The van der Waals surface area contributed by atoms with Crippen LogP contribution in [0, 0.1) is 0 Å². The Hall–Kier alpha value is -3.61. The molecule has 1 amide bonds. The number of rotatable bonds is 7. The lowest BCUT2D eigenvalue weighted by atomic mass is 9.84. The molecule has 2 N–H and O–H groups in total. The van der Waals surface area contributed by atoms with E-state index in [1.54, 1.807) is 36.8 Å². The number of nitrogens with one attached hydrogen (secondary N) is 2. The fourth-order valence-corrected chi connectivity index (χ4v) is 4.23. The fourth-order valence-electron chi connectivity index (χ4n) is 4.23. The molecule has 4 rings (SSSR count). The number of amides is 1. The van der Waals surface area contributed by atoms with Crippen LogP contribution in [0.1, 0.15) is 47.1 Å². The van der Waals surface area contributed by atoms with Crippen molar-refractivity contribution in [1.82, 2.24) is 15.3 Å². The van der Waals surface area contributed by atoms with E-state index in [-0.39, 0.29) is 24.4 Å². The highest BCUT2D eigenvalue weighted by Gasteiger charge is 2.36. The van der Waals surface area contributed by atoms with Crippen LogP contribution in [-0.4, -0.2) is 15.9 Å². The molecule has 1 unspecified atom stereocenters. The summed E-state index contributed by atoms with van der Waals surface area (Å²) in [6, 6.07) is 14.8. The van der Waals surface area contributed by atoms with Crippen LogP contribution in [0.3, 0.4) is 0 Å². The molecule has 33 heavy (non-hydrogen) atoms. The predicted octanol–water partition coefficient (Wildman–Crippen LogP) is 5.98. The highest BCUT2D eigenvalue weighted by molar-refractivity contribution is 5.88. The molecule has 0 spiro atoms. The maximum absolute atomic E-state index is 13.9. The Labute approximate surface area is 189 Å². The summed E-state index contributed by atoms with van der Waals surface area (Å²) in [6.07, 6.45) is 1.14. The normalized spacial score (nSPS) is 12.6. The average molecular weight is 451 g/mol. The van der Waals surface area contributed by atoms with Gasteiger partial charge in [-0.1, -0.05) is 43.3 Å². The van der Waals surface area contributed by atoms with Crippen LogP contribution >= 0.6 is 0 Å². The number of carbonyl (C=O) groups is 1. The summed E-state index contributed by atoms with van der Waals surface area (Å²) in [6.45, 7) is 2.31. The number of pyridine rings is 1. The molecule has 170 valence electrons. The minimum atomic E-state index is -4.52. The van der Waals surface area contributed by atoms with Gasteiger partial charge >= 0.3 is 6.18 Å². The number of H-pyrrole nitrogens is 1. The number of aryl methyl sites for hydroxylation is 1. The number of fused-ring (bicyclic) bond motifs is 1. The molecule has 0 radical (unpaired) electrons. The van der Waals surface area contributed by atoms with Gasteiger partial charge in [0, 0.05) is 48.4 Å². The summed E-state index contributed by atoms with van der Waals surface area (Å²) in [4.78, 5) is 20.1. The van der Waals surface area contributed by atoms with Gasteiger partial charge in [0.05, 0.1) is 5.56 Å². The molecule has 4 aromatic rings. The Balaban J connectivity index is 1.73. The van der Waals surface area contributed by atoms with E-state index in [2.05, 4.69) is 15.3 Å². The highest BCUT2D eigenvalue weighted by atomic mass is 19.4. The van der Waals surface area contributed by atoms with Crippen LogP contribution in [0.5, 0.6) is 0 Å². The molecule has 0 bridgehead atoms. The van der Waals surface area contributed by atoms with Crippen LogP contribution in [-0.2, 0) is 23.9 Å². The summed E-state index contributed by atoms with van der Waals surface area (Å²) in [5.74, 6) is -1.09. The van der Waals surface area contributed by atoms with Gasteiger partial charge in [-0.05, 0) is 46.9 Å². The van der Waals surface area contributed by atoms with E-state index in [0.29, 0.717) is 5.56 Å². The number of halogens is 3. The monoisotopic (exact) mass is 451 g/mol. The van der Waals surface area contributed by atoms with Gasteiger partial charge in [-0.3, -0.25) is 9.78 Å². The quantitative estimate of drug-likeness (QED) is 0.363. The largest absolute Gasteiger partial charge is 0.416 e. The van der Waals surface area contributed by atoms with Gasteiger partial charge in [0.15, 0.2) is 0 Å². The minimum Gasteiger partial charge on any atom is -0.361 e. The van der Waals surface area contributed by atoms with E-state index >= 15 is 0 Å². The molecule has 2 aromatic heterocycles. The topological polar surface area (TPSA) is 57.8 Å². The van der Waals surface area contributed by atoms with Crippen LogP contribution in [0.4, 0.5) is 13.2 Å². The summed E-state index contributed by atoms with van der Waals surface area (Å²) in [5, 5.41) is 3.66. The van der Waals surface area contributed by atoms with Crippen molar-refractivity contribution in [2.75, 3.05) is 0 Å². The molecule has 0 aliphatic rings. The fraction of sp³-hybridized carbons (Fsp3) is 0.231. The zero-order valence-corrected chi connectivity index (χ0v) is 18.1. The van der Waals surface area contributed by atoms with Gasteiger partial charge in [0.1, 0.15) is 0 Å². The second-order valence-corrected chi connectivity index (χ2v) is 7.91. The first-order valence-electron chi connectivity index (χ1n) is 10.8. The van der Waals surface area contributed by atoms with Gasteiger partial charge in [0.25, 0.3) is 0 Å². The first-order chi connectivity index (χ1) is 15.9. The van der Waals surface area contributed by atoms with Crippen molar-refractivity contribution in [3.63, 3.8) is 0 Å². The van der Waals surface area contributed by atoms with Crippen LogP contribution in [0.15, 0.2) is 73.2 Å². The molecule has 0 saturated heterocycles.